The van der Waals surface area contributed by atoms with Gasteiger partial charge in [0.25, 0.3) is 0 Å². The van der Waals surface area contributed by atoms with Crippen LogP contribution in [0.2, 0.25) is 0 Å². The van der Waals surface area contributed by atoms with Crippen molar-refractivity contribution < 1.29 is 19.4 Å². The number of ether oxygens (including phenoxy) is 1. The van der Waals surface area contributed by atoms with Crippen molar-refractivity contribution in [1.82, 2.24) is 0 Å². The smallest absolute Gasteiger partial charge is 0.204 e. The van der Waals surface area contributed by atoms with Gasteiger partial charge in [0.15, 0.2) is 0 Å². The monoisotopic (exact) mass is 406 g/mol. The molecule has 156 valence electrons. The molecule has 0 radical (unpaired) electrons. The van der Waals surface area contributed by atoms with Crippen molar-refractivity contribution in [3.63, 3.8) is 0 Å². The van der Waals surface area contributed by atoms with E-state index in [1.807, 2.05) is 6.08 Å². The van der Waals surface area contributed by atoms with Gasteiger partial charge in [-0.15, -0.1) is 0 Å². The maximum absolute atomic E-state index is 12.9. The van der Waals surface area contributed by atoms with Crippen LogP contribution in [-0.4, -0.2) is 16.8 Å². The maximum atomic E-state index is 12.9. The number of phenols is 2. The fourth-order valence-electron chi connectivity index (χ4n) is 3.10. The molecule has 3 rings (SSSR count). The minimum atomic E-state index is -0.346. The van der Waals surface area contributed by atoms with Crippen LogP contribution in [0, 0.1) is 0 Å². The molecule has 0 aliphatic carbocycles. The summed E-state index contributed by atoms with van der Waals surface area (Å²) in [5, 5.41) is 19.9. The molecule has 2 aromatic carbocycles. The number of fused-ring (bicyclic) bond motifs is 1. The van der Waals surface area contributed by atoms with Crippen molar-refractivity contribution in [2.75, 3.05) is 6.61 Å². The van der Waals surface area contributed by atoms with Gasteiger partial charge < -0.3 is 19.4 Å². The van der Waals surface area contributed by atoms with Gasteiger partial charge in [0.05, 0.1) is 5.56 Å². The molecule has 0 unspecified atom stereocenters. The second kappa shape index (κ2) is 9.35. The van der Waals surface area contributed by atoms with Crippen LogP contribution in [0.1, 0.15) is 33.6 Å². The zero-order valence-electron chi connectivity index (χ0n) is 17.4. The fourth-order valence-corrected chi connectivity index (χ4v) is 3.10. The molecular weight excluding hydrogens is 380 g/mol. The van der Waals surface area contributed by atoms with Crippen LogP contribution in [0.25, 0.3) is 22.1 Å². The van der Waals surface area contributed by atoms with Gasteiger partial charge in [-0.1, -0.05) is 29.4 Å². The highest BCUT2D eigenvalue weighted by atomic mass is 16.5. The van der Waals surface area contributed by atoms with Crippen molar-refractivity contribution in [3.05, 3.63) is 76.2 Å². The lowest BCUT2D eigenvalue weighted by Gasteiger charge is -2.08. The number of phenolic OH excluding ortho intramolecular Hbond substituents is 2. The molecule has 30 heavy (non-hydrogen) atoms. The molecule has 0 saturated heterocycles. The largest absolute Gasteiger partial charge is 0.508 e. The molecule has 0 aliphatic heterocycles. The molecule has 0 spiro atoms. The maximum Gasteiger partial charge on any atom is 0.204 e. The number of hydrogen-bond donors (Lipinski definition) is 2. The average Bonchev–Trinajstić information content (AvgIpc) is 2.68. The standard InChI is InChI=1S/C25H26O5/c1-16(2)5-4-6-17(3)11-12-29-20-13-22(27)24-23(14-20)30-15-21(25(24)28)18-7-9-19(26)10-8-18/h5,7-11,13-15,26-27H,4,6,12H2,1-3H3/b17-11+. The Morgan fingerprint density at radius 3 is 2.50 bits per heavy atom. The topological polar surface area (TPSA) is 79.9 Å². The zero-order chi connectivity index (χ0) is 21.7. The first-order valence-corrected chi connectivity index (χ1v) is 9.85. The Morgan fingerprint density at radius 1 is 1.07 bits per heavy atom. The van der Waals surface area contributed by atoms with E-state index >= 15 is 0 Å². The van der Waals surface area contributed by atoms with Crippen molar-refractivity contribution in [2.45, 2.75) is 33.6 Å². The highest BCUT2D eigenvalue weighted by Gasteiger charge is 2.14. The summed E-state index contributed by atoms with van der Waals surface area (Å²) in [5.74, 6) is 0.338. The molecule has 1 heterocycles. The van der Waals surface area contributed by atoms with Crippen LogP contribution in [-0.2, 0) is 0 Å². The Morgan fingerprint density at radius 2 is 1.80 bits per heavy atom. The summed E-state index contributed by atoms with van der Waals surface area (Å²) < 4.78 is 11.3. The Bertz CT molecular complexity index is 1150. The molecule has 1 aromatic heterocycles. The molecule has 2 N–H and O–H groups in total. The molecule has 0 fully saturated rings. The predicted molar refractivity (Wildman–Crippen MR) is 119 cm³/mol. The third-order valence-corrected chi connectivity index (χ3v) is 4.78. The van der Waals surface area contributed by atoms with Gasteiger partial charge in [0, 0.05) is 12.1 Å². The first-order valence-electron chi connectivity index (χ1n) is 9.85. The fraction of sp³-hybridized carbons (Fsp3) is 0.240. The van der Waals surface area contributed by atoms with Crippen LogP contribution in [0.4, 0.5) is 0 Å². The third kappa shape index (κ3) is 5.11. The molecule has 0 bridgehead atoms. The Balaban J connectivity index is 1.79. The summed E-state index contributed by atoms with van der Waals surface area (Å²) in [6.45, 7) is 6.59. The Hall–Kier alpha value is -3.47. The summed E-state index contributed by atoms with van der Waals surface area (Å²) in [4.78, 5) is 12.9. The normalized spacial score (nSPS) is 11.5. The third-order valence-electron chi connectivity index (χ3n) is 4.78. The molecule has 3 aromatic rings. The Kier molecular flexibility index (Phi) is 6.62. The van der Waals surface area contributed by atoms with Crippen LogP contribution in [0.3, 0.4) is 0 Å². The van der Waals surface area contributed by atoms with Crippen LogP contribution >= 0.6 is 0 Å². The van der Waals surface area contributed by atoms with E-state index in [2.05, 4.69) is 26.8 Å². The number of allylic oxidation sites excluding steroid dienone is 3. The van der Waals surface area contributed by atoms with Crippen LogP contribution in [0.15, 0.2) is 75.2 Å². The van der Waals surface area contributed by atoms with Crippen LogP contribution in [0.5, 0.6) is 17.2 Å². The summed E-state index contributed by atoms with van der Waals surface area (Å²) in [6.07, 6.45) is 7.52. The average molecular weight is 406 g/mol. The highest BCUT2D eigenvalue weighted by Crippen LogP contribution is 2.30. The van der Waals surface area contributed by atoms with E-state index in [4.69, 9.17) is 9.15 Å². The van der Waals surface area contributed by atoms with E-state index in [0.717, 1.165) is 12.8 Å². The number of aromatic hydroxyl groups is 2. The van der Waals surface area contributed by atoms with Gasteiger partial charge in [0.2, 0.25) is 5.43 Å². The van der Waals surface area contributed by atoms with Crippen molar-refractivity contribution in [3.8, 4) is 28.4 Å². The molecular formula is C25H26O5. The van der Waals surface area contributed by atoms with E-state index in [1.165, 1.54) is 35.6 Å². The predicted octanol–water partition coefficient (Wildman–Crippen LogP) is 5.94. The first-order chi connectivity index (χ1) is 14.3. The molecule has 5 nitrogen and oxygen atoms in total. The van der Waals surface area contributed by atoms with Gasteiger partial charge in [-0.25, -0.2) is 0 Å². The number of hydrogen-bond acceptors (Lipinski definition) is 5. The van der Waals surface area contributed by atoms with Gasteiger partial charge in [0.1, 0.15) is 41.1 Å². The minimum Gasteiger partial charge on any atom is -0.508 e. The summed E-state index contributed by atoms with van der Waals surface area (Å²) in [7, 11) is 0. The molecule has 0 saturated carbocycles. The van der Waals surface area contributed by atoms with Crippen molar-refractivity contribution >= 4 is 11.0 Å². The van der Waals surface area contributed by atoms with Gasteiger partial charge in [-0.05, 0) is 57.4 Å². The lowest BCUT2D eigenvalue weighted by atomic mass is 10.0. The van der Waals surface area contributed by atoms with E-state index in [-0.39, 0.29) is 27.9 Å². The van der Waals surface area contributed by atoms with E-state index in [0.29, 0.717) is 23.5 Å². The van der Waals surface area contributed by atoms with E-state index in [1.54, 1.807) is 18.2 Å². The Labute approximate surface area is 175 Å². The lowest BCUT2D eigenvalue weighted by molar-refractivity contribution is 0.358. The SMILES string of the molecule is CC(C)=CCC/C(C)=C/COc1cc(O)c2c(=O)c(-c3ccc(O)cc3)coc2c1. The van der Waals surface area contributed by atoms with E-state index < -0.39 is 0 Å². The zero-order valence-corrected chi connectivity index (χ0v) is 17.4. The molecule has 5 heteroatoms. The van der Waals surface area contributed by atoms with E-state index in [9.17, 15) is 15.0 Å². The van der Waals surface area contributed by atoms with Gasteiger partial charge in [-0.2, -0.15) is 0 Å². The minimum absolute atomic E-state index is 0.0985. The summed E-state index contributed by atoms with van der Waals surface area (Å²) in [6, 6.07) is 9.24. The molecule has 0 amide bonds. The molecule has 0 aliphatic rings. The van der Waals surface area contributed by atoms with Crippen LogP contribution < -0.4 is 10.2 Å². The summed E-state index contributed by atoms with van der Waals surface area (Å²) in [5.41, 5.74) is 3.34. The second-order valence-electron chi connectivity index (χ2n) is 7.52. The second-order valence-corrected chi connectivity index (χ2v) is 7.52. The van der Waals surface area contributed by atoms with Gasteiger partial charge in [-0.3, -0.25) is 4.79 Å². The number of rotatable bonds is 7. The van der Waals surface area contributed by atoms with Crippen molar-refractivity contribution in [1.29, 1.82) is 0 Å². The lowest BCUT2D eigenvalue weighted by Crippen LogP contribution is -2.05. The number of benzene rings is 2. The quantitative estimate of drug-likeness (QED) is 0.475. The van der Waals surface area contributed by atoms with Crippen molar-refractivity contribution in [2.24, 2.45) is 0 Å². The highest BCUT2D eigenvalue weighted by molar-refractivity contribution is 5.88. The summed E-state index contributed by atoms with van der Waals surface area (Å²) >= 11 is 0. The molecule has 0 atom stereocenters. The first kappa shape index (κ1) is 21.2. The van der Waals surface area contributed by atoms with Gasteiger partial charge >= 0.3 is 0 Å².